The van der Waals surface area contributed by atoms with E-state index >= 15 is 0 Å². The number of hydrogen-bond acceptors (Lipinski definition) is 3. The Morgan fingerprint density at radius 3 is 2.82 bits per heavy atom. The fraction of sp³-hybridized carbons (Fsp3) is 0.364. The molecule has 2 rings (SSSR count). The van der Waals surface area contributed by atoms with Gasteiger partial charge in [-0.2, -0.15) is 5.10 Å². The third-order valence-corrected chi connectivity index (χ3v) is 3.08. The van der Waals surface area contributed by atoms with E-state index in [0.29, 0.717) is 33.4 Å². The first kappa shape index (κ1) is 12.5. The van der Waals surface area contributed by atoms with E-state index in [0.717, 1.165) is 5.56 Å². The molecule has 6 heteroatoms. The summed E-state index contributed by atoms with van der Waals surface area (Å²) in [7, 11) is 0. The number of halogens is 2. The highest BCUT2D eigenvalue weighted by Gasteiger charge is 2.19. The summed E-state index contributed by atoms with van der Waals surface area (Å²) in [5.74, 6) is 0.668. The molecule has 2 aromatic rings. The molecule has 0 radical (unpaired) electrons. The average Bonchev–Trinajstić information content (AvgIpc) is 2.65. The number of fused-ring (bicyclic) bond motifs is 1. The average molecular weight is 274 g/mol. The summed E-state index contributed by atoms with van der Waals surface area (Å²) < 4.78 is 5.61. The molecule has 0 amide bonds. The molecule has 0 bridgehead atoms. The van der Waals surface area contributed by atoms with Crippen LogP contribution in [0.5, 0.6) is 5.75 Å². The lowest BCUT2D eigenvalue weighted by Gasteiger charge is -2.14. The van der Waals surface area contributed by atoms with Crippen LogP contribution in [0.3, 0.4) is 0 Å². The Morgan fingerprint density at radius 2 is 2.24 bits per heavy atom. The Kier molecular flexibility index (Phi) is 3.47. The zero-order chi connectivity index (χ0) is 12.6. The van der Waals surface area contributed by atoms with E-state index in [1.807, 2.05) is 13.8 Å². The number of rotatable bonds is 3. The summed E-state index contributed by atoms with van der Waals surface area (Å²) in [6.45, 7) is 4.31. The van der Waals surface area contributed by atoms with Crippen LogP contribution >= 0.6 is 23.2 Å². The van der Waals surface area contributed by atoms with Gasteiger partial charge in [-0.05, 0) is 19.9 Å². The normalized spacial score (nSPS) is 13.0. The second kappa shape index (κ2) is 4.72. The van der Waals surface area contributed by atoms with Crippen LogP contribution in [-0.4, -0.2) is 16.8 Å². The van der Waals surface area contributed by atoms with Gasteiger partial charge in [0.1, 0.15) is 11.3 Å². The summed E-state index contributed by atoms with van der Waals surface area (Å²) in [5.41, 5.74) is 7.43. The van der Waals surface area contributed by atoms with Crippen molar-refractivity contribution < 1.29 is 4.74 Å². The van der Waals surface area contributed by atoms with Gasteiger partial charge in [0.15, 0.2) is 5.15 Å². The lowest BCUT2D eigenvalue weighted by atomic mass is 10.1. The van der Waals surface area contributed by atoms with E-state index in [1.165, 1.54) is 0 Å². The molecule has 0 saturated carbocycles. The molecule has 1 heterocycles. The van der Waals surface area contributed by atoms with Crippen LogP contribution in [0.1, 0.15) is 25.5 Å². The molecule has 0 aliphatic heterocycles. The first-order valence-electron chi connectivity index (χ1n) is 5.30. The maximum Gasteiger partial charge on any atom is 0.160 e. The minimum absolute atomic E-state index is 0.180. The summed E-state index contributed by atoms with van der Waals surface area (Å²) >= 11 is 12.1. The Labute approximate surface area is 109 Å². The highest BCUT2D eigenvalue weighted by molar-refractivity contribution is 6.41. The molecule has 1 aromatic heterocycles. The van der Waals surface area contributed by atoms with Gasteiger partial charge in [-0.3, -0.25) is 5.10 Å². The third kappa shape index (κ3) is 2.08. The highest BCUT2D eigenvalue weighted by Crippen LogP contribution is 2.39. The van der Waals surface area contributed by atoms with Gasteiger partial charge in [0.2, 0.25) is 0 Å². The van der Waals surface area contributed by atoms with Crippen molar-refractivity contribution in [2.45, 2.75) is 19.9 Å². The highest BCUT2D eigenvalue weighted by atomic mass is 35.5. The van der Waals surface area contributed by atoms with Crippen LogP contribution in [0.25, 0.3) is 10.9 Å². The van der Waals surface area contributed by atoms with Gasteiger partial charge < -0.3 is 10.5 Å². The molecule has 1 unspecified atom stereocenters. The van der Waals surface area contributed by atoms with Crippen molar-refractivity contribution in [2.75, 3.05) is 6.61 Å². The van der Waals surface area contributed by atoms with Gasteiger partial charge >= 0.3 is 0 Å². The second-order valence-electron chi connectivity index (χ2n) is 3.76. The van der Waals surface area contributed by atoms with Crippen molar-refractivity contribution in [3.05, 3.63) is 21.8 Å². The van der Waals surface area contributed by atoms with E-state index in [2.05, 4.69) is 10.2 Å². The van der Waals surface area contributed by atoms with E-state index in [1.54, 1.807) is 6.07 Å². The Balaban J connectivity index is 2.78. The molecule has 0 spiro atoms. The maximum absolute atomic E-state index is 6.17. The summed E-state index contributed by atoms with van der Waals surface area (Å²) in [4.78, 5) is 0. The second-order valence-corrected chi connectivity index (χ2v) is 4.53. The molecule has 0 aliphatic carbocycles. The SMILES string of the molecule is CCOc1c(C(C)N)cc(Cl)c2c(Cl)n[nH]c12. The predicted octanol–water partition coefficient (Wildman–Crippen LogP) is 3.29. The maximum atomic E-state index is 6.17. The number of hydrogen-bond donors (Lipinski definition) is 2. The molecule has 1 atom stereocenters. The van der Waals surface area contributed by atoms with Crippen molar-refractivity contribution >= 4 is 34.1 Å². The van der Waals surface area contributed by atoms with Gasteiger partial charge in [-0.1, -0.05) is 23.2 Å². The molecule has 0 saturated heterocycles. The molecule has 0 fully saturated rings. The Bertz CT molecular complexity index is 551. The third-order valence-electron chi connectivity index (χ3n) is 2.51. The predicted molar refractivity (Wildman–Crippen MR) is 69.9 cm³/mol. The number of nitrogens with one attached hydrogen (secondary N) is 1. The lowest BCUT2D eigenvalue weighted by molar-refractivity contribution is 0.338. The molecule has 92 valence electrons. The molecular weight excluding hydrogens is 261 g/mol. The number of nitrogens with zero attached hydrogens (tertiary/aromatic N) is 1. The van der Waals surface area contributed by atoms with Crippen molar-refractivity contribution in [3.63, 3.8) is 0 Å². The number of nitrogens with two attached hydrogens (primary N) is 1. The number of benzene rings is 1. The number of H-pyrrole nitrogens is 1. The minimum Gasteiger partial charge on any atom is -0.491 e. The largest absolute Gasteiger partial charge is 0.491 e. The van der Waals surface area contributed by atoms with Crippen LogP contribution in [0, 0.1) is 0 Å². The smallest absolute Gasteiger partial charge is 0.160 e. The summed E-state index contributed by atoms with van der Waals surface area (Å²) in [6, 6.07) is 1.60. The molecule has 0 aliphatic rings. The molecule has 1 aromatic carbocycles. The van der Waals surface area contributed by atoms with Crippen molar-refractivity contribution in [1.29, 1.82) is 0 Å². The van der Waals surface area contributed by atoms with Gasteiger partial charge in [-0.25, -0.2) is 0 Å². The van der Waals surface area contributed by atoms with E-state index < -0.39 is 0 Å². The van der Waals surface area contributed by atoms with E-state index in [-0.39, 0.29) is 6.04 Å². The van der Waals surface area contributed by atoms with Crippen LogP contribution in [-0.2, 0) is 0 Å². The van der Waals surface area contributed by atoms with Crippen molar-refractivity contribution in [2.24, 2.45) is 5.73 Å². The molecular formula is C11H13Cl2N3O. The van der Waals surface area contributed by atoms with Gasteiger partial charge in [0.05, 0.1) is 17.0 Å². The quantitative estimate of drug-likeness (QED) is 0.902. The zero-order valence-corrected chi connectivity index (χ0v) is 11.1. The van der Waals surface area contributed by atoms with Gasteiger partial charge in [-0.15, -0.1) is 0 Å². The molecule has 3 N–H and O–H groups in total. The lowest BCUT2D eigenvalue weighted by Crippen LogP contribution is -2.08. The number of aromatic nitrogens is 2. The van der Waals surface area contributed by atoms with Crippen LogP contribution < -0.4 is 10.5 Å². The Morgan fingerprint density at radius 1 is 1.53 bits per heavy atom. The first-order valence-corrected chi connectivity index (χ1v) is 6.06. The van der Waals surface area contributed by atoms with Gasteiger partial charge in [0, 0.05) is 11.6 Å². The number of ether oxygens (including phenoxy) is 1. The summed E-state index contributed by atoms with van der Waals surface area (Å²) in [6.07, 6.45) is 0. The summed E-state index contributed by atoms with van der Waals surface area (Å²) in [5, 5.41) is 8.29. The monoisotopic (exact) mass is 273 g/mol. The topological polar surface area (TPSA) is 63.9 Å². The van der Waals surface area contributed by atoms with Crippen LogP contribution in [0.15, 0.2) is 6.07 Å². The van der Waals surface area contributed by atoms with Gasteiger partial charge in [0.25, 0.3) is 0 Å². The standard InChI is InChI=1S/C11H13Cl2N3O/c1-3-17-10-6(5(2)14)4-7(12)8-9(10)15-16-11(8)13/h4-5H,3,14H2,1-2H3,(H,15,16). The fourth-order valence-electron chi connectivity index (χ4n) is 1.76. The van der Waals surface area contributed by atoms with Crippen molar-refractivity contribution in [3.8, 4) is 5.75 Å². The Hall–Kier alpha value is -0.970. The van der Waals surface area contributed by atoms with E-state index in [9.17, 15) is 0 Å². The fourth-order valence-corrected chi connectivity index (χ4v) is 2.35. The first-order chi connectivity index (χ1) is 8.06. The molecule has 17 heavy (non-hydrogen) atoms. The zero-order valence-electron chi connectivity index (χ0n) is 9.55. The minimum atomic E-state index is -0.180. The number of aromatic amines is 1. The van der Waals surface area contributed by atoms with Crippen LogP contribution in [0.2, 0.25) is 10.2 Å². The van der Waals surface area contributed by atoms with Crippen molar-refractivity contribution in [1.82, 2.24) is 10.2 Å². The van der Waals surface area contributed by atoms with Crippen LogP contribution in [0.4, 0.5) is 0 Å². The molecule has 4 nitrogen and oxygen atoms in total. The van der Waals surface area contributed by atoms with E-state index in [4.69, 9.17) is 33.7 Å².